The minimum Gasteiger partial charge on any atom is -0.507 e. The van der Waals surface area contributed by atoms with Gasteiger partial charge in [0, 0.05) is 44.4 Å². The van der Waals surface area contributed by atoms with Gasteiger partial charge in [-0.15, -0.1) is 10.2 Å². The predicted octanol–water partition coefficient (Wildman–Crippen LogP) is 1.41. The van der Waals surface area contributed by atoms with E-state index in [4.69, 9.17) is 0 Å². The molecule has 2 N–H and O–H groups in total. The van der Waals surface area contributed by atoms with E-state index in [2.05, 4.69) is 20.4 Å². The summed E-state index contributed by atoms with van der Waals surface area (Å²) in [6.07, 6.45) is 3.57. The molecule has 8 heteroatoms. The van der Waals surface area contributed by atoms with Crippen LogP contribution in [0.3, 0.4) is 0 Å². The van der Waals surface area contributed by atoms with Crippen molar-refractivity contribution in [3.63, 3.8) is 0 Å². The zero-order chi connectivity index (χ0) is 20.4. The highest BCUT2D eigenvalue weighted by Crippen LogP contribution is 2.35. The number of para-hydroxylation sites is 1. The summed E-state index contributed by atoms with van der Waals surface area (Å²) in [6, 6.07) is 9.26. The molecular weight excluding hydrogens is 368 g/mol. The number of aromatic nitrogens is 2. The second-order valence-electron chi connectivity index (χ2n) is 7.66. The van der Waals surface area contributed by atoms with E-state index in [1.165, 1.54) is 0 Å². The number of carbonyl (C=O) groups excluding carboxylic acids is 1. The maximum absolute atomic E-state index is 12.5. The van der Waals surface area contributed by atoms with Gasteiger partial charge in [0.25, 0.3) is 0 Å². The fourth-order valence-electron chi connectivity index (χ4n) is 3.78. The molecule has 2 aromatic rings. The average molecular weight is 394 g/mol. The summed E-state index contributed by atoms with van der Waals surface area (Å²) in [4.78, 5) is 18.7. The Morgan fingerprint density at radius 1 is 1.31 bits per heavy atom. The standard InChI is InChI=1S/C21H26N6O2/c1-25(2)9-5-8-20(29)26-10-11-27-15(14-26)13-22-21-18(27)12-17(23-24-21)16-6-3-4-7-19(16)28/h3-8,12,15,28H,9-11,13-14H2,1-2H3,(H,22,24)/b8-5+/t15-/m0/s1. The van der Waals surface area contributed by atoms with Gasteiger partial charge < -0.3 is 25.1 Å². The number of anilines is 2. The summed E-state index contributed by atoms with van der Waals surface area (Å²) >= 11 is 0. The number of phenolic OH excluding ortho intramolecular Hbond substituents is 1. The molecule has 3 heterocycles. The maximum Gasteiger partial charge on any atom is 0.246 e. The van der Waals surface area contributed by atoms with E-state index in [0.717, 1.165) is 24.6 Å². The number of nitrogens with zero attached hydrogens (tertiary/aromatic N) is 5. The van der Waals surface area contributed by atoms with Gasteiger partial charge in [-0.1, -0.05) is 18.2 Å². The SMILES string of the molecule is CN(C)C/C=C/C(=O)N1CCN2c3cc(-c4ccccc4O)nnc3NC[C@H]2C1. The van der Waals surface area contributed by atoms with E-state index in [9.17, 15) is 9.90 Å². The third kappa shape index (κ3) is 4.02. The molecule has 1 aromatic carbocycles. The number of fused-ring (bicyclic) bond motifs is 3. The first-order valence-electron chi connectivity index (χ1n) is 9.79. The normalized spacial score (nSPS) is 18.5. The molecule has 0 aliphatic carbocycles. The van der Waals surface area contributed by atoms with Gasteiger partial charge >= 0.3 is 0 Å². The van der Waals surface area contributed by atoms with Crippen molar-refractivity contribution >= 4 is 17.4 Å². The molecule has 4 rings (SSSR count). The average Bonchev–Trinajstić information content (AvgIpc) is 2.73. The van der Waals surface area contributed by atoms with Crippen LogP contribution < -0.4 is 10.2 Å². The van der Waals surface area contributed by atoms with Gasteiger partial charge in [-0.05, 0) is 32.3 Å². The van der Waals surface area contributed by atoms with Crippen LogP contribution in [0.2, 0.25) is 0 Å². The molecule has 29 heavy (non-hydrogen) atoms. The van der Waals surface area contributed by atoms with Crippen molar-refractivity contribution in [3.8, 4) is 17.0 Å². The lowest BCUT2D eigenvalue weighted by Gasteiger charge is -2.45. The topological polar surface area (TPSA) is 84.8 Å². The zero-order valence-corrected chi connectivity index (χ0v) is 16.7. The summed E-state index contributed by atoms with van der Waals surface area (Å²) in [6.45, 7) is 3.51. The van der Waals surface area contributed by atoms with E-state index in [1.807, 2.05) is 48.2 Å². The lowest BCUT2D eigenvalue weighted by molar-refractivity contribution is -0.126. The van der Waals surface area contributed by atoms with Crippen LogP contribution in [-0.2, 0) is 4.79 Å². The van der Waals surface area contributed by atoms with Gasteiger partial charge in [-0.3, -0.25) is 4.79 Å². The van der Waals surface area contributed by atoms with Crippen molar-refractivity contribution in [1.29, 1.82) is 0 Å². The quantitative estimate of drug-likeness (QED) is 0.759. The lowest BCUT2D eigenvalue weighted by Crippen LogP contribution is -2.58. The van der Waals surface area contributed by atoms with Crippen molar-refractivity contribution in [2.24, 2.45) is 0 Å². The first-order chi connectivity index (χ1) is 14.0. The number of piperazine rings is 1. The maximum atomic E-state index is 12.5. The molecule has 0 spiro atoms. The molecular formula is C21H26N6O2. The molecule has 0 saturated carbocycles. The largest absolute Gasteiger partial charge is 0.507 e. The molecule has 0 unspecified atom stereocenters. The zero-order valence-electron chi connectivity index (χ0n) is 16.7. The predicted molar refractivity (Wildman–Crippen MR) is 113 cm³/mol. The first-order valence-corrected chi connectivity index (χ1v) is 9.79. The van der Waals surface area contributed by atoms with Crippen molar-refractivity contribution < 1.29 is 9.90 Å². The van der Waals surface area contributed by atoms with Crippen LogP contribution in [0.25, 0.3) is 11.3 Å². The van der Waals surface area contributed by atoms with Crippen LogP contribution in [0.1, 0.15) is 0 Å². The Morgan fingerprint density at radius 2 is 2.14 bits per heavy atom. The Morgan fingerprint density at radius 3 is 2.93 bits per heavy atom. The van der Waals surface area contributed by atoms with Crippen LogP contribution >= 0.6 is 0 Å². The van der Waals surface area contributed by atoms with E-state index >= 15 is 0 Å². The third-order valence-electron chi connectivity index (χ3n) is 5.29. The van der Waals surface area contributed by atoms with Crippen molar-refractivity contribution in [3.05, 3.63) is 42.5 Å². The van der Waals surface area contributed by atoms with Crippen LogP contribution in [0.5, 0.6) is 5.75 Å². The molecule has 2 aliphatic rings. The molecule has 1 amide bonds. The Balaban J connectivity index is 1.52. The number of hydrogen-bond donors (Lipinski definition) is 2. The van der Waals surface area contributed by atoms with Gasteiger partial charge in [-0.25, -0.2) is 0 Å². The van der Waals surface area contributed by atoms with Gasteiger partial charge in [0.05, 0.1) is 17.4 Å². The minimum atomic E-state index is 0.0556. The van der Waals surface area contributed by atoms with E-state index in [0.29, 0.717) is 30.9 Å². The molecule has 2 aliphatic heterocycles. The van der Waals surface area contributed by atoms with E-state index < -0.39 is 0 Å². The van der Waals surface area contributed by atoms with Gasteiger partial charge in [0.1, 0.15) is 5.75 Å². The number of nitrogens with one attached hydrogen (secondary N) is 1. The highest BCUT2D eigenvalue weighted by atomic mass is 16.3. The number of benzene rings is 1. The smallest absolute Gasteiger partial charge is 0.246 e. The molecule has 1 saturated heterocycles. The summed E-state index contributed by atoms with van der Waals surface area (Å²) in [5.74, 6) is 0.980. The fraction of sp³-hybridized carbons (Fsp3) is 0.381. The molecule has 152 valence electrons. The number of amides is 1. The number of rotatable bonds is 4. The molecule has 8 nitrogen and oxygen atoms in total. The second kappa shape index (κ2) is 8.08. The summed E-state index contributed by atoms with van der Waals surface area (Å²) < 4.78 is 0. The van der Waals surface area contributed by atoms with Crippen LogP contribution in [0, 0.1) is 0 Å². The summed E-state index contributed by atoms with van der Waals surface area (Å²) in [7, 11) is 3.95. The summed E-state index contributed by atoms with van der Waals surface area (Å²) in [5.41, 5.74) is 2.25. The molecule has 0 radical (unpaired) electrons. The van der Waals surface area contributed by atoms with E-state index in [1.54, 1.807) is 18.2 Å². The Bertz CT molecular complexity index is 929. The molecule has 1 aromatic heterocycles. The number of likely N-dealkylation sites (N-methyl/N-ethyl adjacent to an activating group) is 1. The van der Waals surface area contributed by atoms with Crippen LogP contribution in [-0.4, -0.2) is 83.9 Å². The van der Waals surface area contributed by atoms with Crippen molar-refractivity contribution in [1.82, 2.24) is 20.0 Å². The number of carbonyl (C=O) groups is 1. The Hall–Kier alpha value is -3.13. The summed E-state index contributed by atoms with van der Waals surface area (Å²) in [5, 5.41) is 22.1. The monoisotopic (exact) mass is 394 g/mol. The number of aromatic hydroxyl groups is 1. The van der Waals surface area contributed by atoms with Crippen molar-refractivity contribution in [2.45, 2.75) is 6.04 Å². The third-order valence-corrected chi connectivity index (χ3v) is 5.29. The van der Waals surface area contributed by atoms with Gasteiger partial charge in [0.2, 0.25) is 5.91 Å². The highest BCUT2D eigenvalue weighted by Gasteiger charge is 2.34. The Kier molecular flexibility index (Phi) is 5.35. The molecule has 1 fully saturated rings. The Labute approximate surface area is 170 Å². The minimum absolute atomic E-state index is 0.0556. The van der Waals surface area contributed by atoms with Crippen LogP contribution in [0.15, 0.2) is 42.5 Å². The fourth-order valence-corrected chi connectivity index (χ4v) is 3.78. The van der Waals surface area contributed by atoms with Gasteiger partial charge in [0.15, 0.2) is 5.82 Å². The molecule has 0 bridgehead atoms. The lowest BCUT2D eigenvalue weighted by atomic mass is 10.1. The highest BCUT2D eigenvalue weighted by molar-refractivity contribution is 5.88. The first kappa shape index (κ1) is 19.2. The van der Waals surface area contributed by atoms with Crippen LogP contribution in [0.4, 0.5) is 11.5 Å². The van der Waals surface area contributed by atoms with Gasteiger partial charge in [-0.2, -0.15) is 0 Å². The molecule has 1 atom stereocenters. The van der Waals surface area contributed by atoms with Crippen molar-refractivity contribution in [2.75, 3.05) is 57.0 Å². The van der Waals surface area contributed by atoms with E-state index in [-0.39, 0.29) is 17.7 Å². The number of phenols is 1. The second-order valence-corrected chi connectivity index (χ2v) is 7.66. The number of hydrogen-bond acceptors (Lipinski definition) is 7.